The van der Waals surface area contributed by atoms with Gasteiger partial charge in [0.05, 0.1) is 17.4 Å². The lowest BCUT2D eigenvalue weighted by atomic mass is 10.0. The normalized spacial score (nSPS) is 17.8. The number of amides is 1. The van der Waals surface area contributed by atoms with Crippen LogP contribution in [0, 0.1) is 0 Å². The SMILES string of the molecule is CCC1CCCCN1C(=O)CSc1ncccc1C(=O)OC(C)C. The minimum atomic E-state index is -0.391. The van der Waals surface area contributed by atoms with Gasteiger partial charge in [0.25, 0.3) is 0 Å². The second-order valence-corrected chi connectivity index (χ2v) is 7.21. The number of pyridine rings is 1. The third-order valence-corrected chi connectivity index (χ3v) is 5.07. The first-order chi connectivity index (χ1) is 11.5. The highest BCUT2D eigenvalue weighted by molar-refractivity contribution is 8.00. The van der Waals surface area contributed by atoms with E-state index in [-0.39, 0.29) is 12.0 Å². The van der Waals surface area contributed by atoms with Crippen LogP contribution in [-0.2, 0) is 9.53 Å². The molecule has 0 N–H and O–H groups in total. The van der Waals surface area contributed by atoms with Crippen LogP contribution in [0.4, 0.5) is 0 Å². The molecule has 1 aromatic rings. The van der Waals surface area contributed by atoms with Crippen LogP contribution in [0.15, 0.2) is 23.4 Å². The van der Waals surface area contributed by atoms with E-state index in [4.69, 9.17) is 4.74 Å². The molecule has 5 nitrogen and oxygen atoms in total. The number of aromatic nitrogens is 1. The number of thioether (sulfide) groups is 1. The summed E-state index contributed by atoms with van der Waals surface area (Å²) in [5.41, 5.74) is 0.426. The summed E-state index contributed by atoms with van der Waals surface area (Å²) in [5, 5.41) is 0.557. The molecule has 1 aromatic heterocycles. The number of likely N-dealkylation sites (tertiary alicyclic amines) is 1. The predicted octanol–water partition coefficient (Wildman–Crippen LogP) is 3.53. The number of hydrogen-bond donors (Lipinski definition) is 0. The van der Waals surface area contributed by atoms with Gasteiger partial charge in [0.1, 0.15) is 5.03 Å². The number of hydrogen-bond acceptors (Lipinski definition) is 5. The Morgan fingerprint density at radius 3 is 2.92 bits per heavy atom. The Labute approximate surface area is 148 Å². The van der Waals surface area contributed by atoms with Crippen LogP contribution < -0.4 is 0 Å². The van der Waals surface area contributed by atoms with Gasteiger partial charge in [-0.3, -0.25) is 4.79 Å². The minimum absolute atomic E-state index is 0.125. The van der Waals surface area contributed by atoms with Gasteiger partial charge in [-0.25, -0.2) is 9.78 Å². The van der Waals surface area contributed by atoms with E-state index in [1.54, 1.807) is 18.3 Å². The van der Waals surface area contributed by atoms with Crippen molar-refractivity contribution in [2.75, 3.05) is 12.3 Å². The van der Waals surface area contributed by atoms with Crippen LogP contribution >= 0.6 is 11.8 Å². The van der Waals surface area contributed by atoms with Crippen molar-refractivity contribution in [3.63, 3.8) is 0 Å². The Morgan fingerprint density at radius 1 is 1.42 bits per heavy atom. The predicted molar refractivity (Wildman–Crippen MR) is 95.2 cm³/mol. The molecular weight excluding hydrogens is 324 g/mol. The maximum Gasteiger partial charge on any atom is 0.341 e. The Hall–Kier alpha value is -1.56. The van der Waals surface area contributed by atoms with Crippen LogP contribution in [0.2, 0.25) is 0 Å². The van der Waals surface area contributed by atoms with Gasteiger partial charge in [-0.2, -0.15) is 0 Å². The van der Waals surface area contributed by atoms with Gasteiger partial charge < -0.3 is 9.64 Å². The van der Waals surface area contributed by atoms with Crippen molar-refractivity contribution >= 4 is 23.6 Å². The van der Waals surface area contributed by atoms with Gasteiger partial charge in [0.15, 0.2) is 0 Å². The summed E-state index contributed by atoms with van der Waals surface area (Å²) in [6, 6.07) is 3.75. The molecule has 0 bridgehead atoms. The van der Waals surface area contributed by atoms with E-state index in [0.29, 0.717) is 22.4 Å². The maximum absolute atomic E-state index is 12.6. The van der Waals surface area contributed by atoms with Crippen molar-refractivity contribution in [1.29, 1.82) is 0 Å². The number of nitrogens with zero attached hydrogens (tertiary/aromatic N) is 2. The summed E-state index contributed by atoms with van der Waals surface area (Å²) in [6.45, 7) is 6.59. The van der Waals surface area contributed by atoms with Crippen LogP contribution in [0.5, 0.6) is 0 Å². The van der Waals surface area contributed by atoms with Crippen molar-refractivity contribution in [3.05, 3.63) is 23.9 Å². The van der Waals surface area contributed by atoms with E-state index < -0.39 is 5.97 Å². The Morgan fingerprint density at radius 2 is 2.21 bits per heavy atom. The maximum atomic E-state index is 12.6. The molecule has 24 heavy (non-hydrogen) atoms. The number of esters is 1. The smallest absolute Gasteiger partial charge is 0.341 e. The summed E-state index contributed by atoms with van der Waals surface area (Å²) < 4.78 is 5.25. The topological polar surface area (TPSA) is 59.5 Å². The van der Waals surface area contributed by atoms with E-state index in [9.17, 15) is 9.59 Å². The highest BCUT2D eigenvalue weighted by atomic mass is 32.2. The molecule has 2 rings (SSSR count). The molecule has 1 aliphatic heterocycles. The van der Waals surface area contributed by atoms with Crippen molar-refractivity contribution in [2.24, 2.45) is 0 Å². The number of ether oxygens (including phenoxy) is 1. The zero-order valence-electron chi connectivity index (χ0n) is 14.7. The van der Waals surface area contributed by atoms with Gasteiger partial charge in [-0.15, -0.1) is 0 Å². The lowest BCUT2D eigenvalue weighted by Crippen LogP contribution is -2.44. The van der Waals surface area contributed by atoms with Crippen LogP contribution in [0.3, 0.4) is 0 Å². The van der Waals surface area contributed by atoms with E-state index in [1.165, 1.54) is 18.2 Å². The van der Waals surface area contributed by atoms with Crippen molar-refractivity contribution in [3.8, 4) is 0 Å². The van der Waals surface area contributed by atoms with Gasteiger partial charge in [0, 0.05) is 18.8 Å². The first kappa shape index (κ1) is 18.8. The highest BCUT2D eigenvalue weighted by Crippen LogP contribution is 2.24. The molecule has 1 aliphatic rings. The summed E-state index contributed by atoms with van der Waals surface area (Å²) in [7, 11) is 0. The molecule has 2 heterocycles. The molecule has 1 atom stereocenters. The minimum Gasteiger partial charge on any atom is -0.459 e. The van der Waals surface area contributed by atoms with Crippen molar-refractivity contribution in [2.45, 2.75) is 63.6 Å². The number of piperidine rings is 1. The lowest BCUT2D eigenvalue weighted by molar-refractivity contribution is -0.132. The fraction of sp³-hybridized carbons (Fsp3) is 0.611. The standard InChI is InChI=1S/C18H26N2O3S/c1-4-14-8-5-6-11-20(14)16(21)12-24-17-15(9-7-10-19-17)18(22)23-13(2)3/h7,9-10,13-14H,4-6,8,11-12H2,1-3H3. The number of carbonyl (C=O) groups excluding carboxylic acids is 2. The van der Waals surface area contributed by atoms with Crippen LogP contribution in [0.1, 0.15) is 56.8 Å². The number of rotatable bonds is 6. The molecule has 0 aliphatic carbocycles. The number of carbonyl (C=O) groups is 2. The van der Waals surface area contributed by atoms with Crippen molar-refractivity contribution < 1.29 is 14.3 Å². The molecule has 1 amide bonds. The molecule has 1 saturated heterocycles. The first-order valence-electron chi connectivity index (χ1n) is 8.61. The van der Waals surface area contributed by atoms with E-state index in [0.717, 1.165) is 25.8 Å². The zero-order chi connectivity index (χ0) is 17.5. The average Bonchev–Trinajstić information content (AvgIpc) is 2.59. The largest absolute Gasteiger partial charge is 0.459 e. The third-order valence-electron chi connectivity index (χ3n) is 4.08. The van der Waals surface area contributed by atoms with E-state index in [2.05, 4.69) is 11.9 Å². The molecular formula is C18H26N2O3S. The first-order valence-corrected chi connectivity index (χ1v) is 9.59. The monoisotopic (exact) mass is 350 g/mol. The molecule has 0 radical (unpaired) electrons. The molecule has 1 unspecified atom stereocenters. The Bertz CT molecular complexity index is 577. The summed E-state index contributed by atoms with van der Waals surface area (Å²) >= 11 is 1.31. The molecule has 1 fully saturated rings. The van der Waals surface area contributed by atoms with E-state index >= 15 is 0 Å². The summed E-state index contributed by atoms with van der Waals surface area (Å²) in [4.78, 5) is 31.0. The quantitative estimate of drug-likeness (QED) is 0.580. The van der Waals surface area contributed by atoms with Crippen LogP contribution in [0.25, 0.3) is 0 Å². The molecule has 0 aromatic carbocycles. The Kier molecular flexibility index (Phi) is 7.09. The molecule has 0 saturated carbocycles. The Balaban J connectivity index is 2.01. The van der Waals surface area contributed by atoms with E-state index in [1.807, 2.05) is 18.7 Å². The average molecular weight is 350 g/mol. The highest BCUT2D eigenvalue weighted by Gasteiger charge is 2.25. The van der Waals surface area contributed by atoms with Gasteiger partial charge in [0.2, 0.25) is 5.91 Å². The fourth-order valence-corrected chi connectivity index (χ4v) is 3.77. The van der Waals surface area contributed by atoms with Gasteiger partial charge in [-0.05, 0) is 51.7 Å². The molecule has 132 valence electrons. The molecule has 6 heteroatoms. The third kappa shape index (κ3) is 4.97. The van der Waals surface area contributed by atoms with Gasteiger partial charge >= 0.3 is 5.97 Å². The molecule has 0 spiro atoms. The van der Waals surface area contributed by atoms with Gasteiger partial charge in [-0.1, -0.05) is 18.7 Å². The zero-order valence-corrected chi connectivity index (χ0v) is 15.5. The summed E-state index contributed by atoms with van der Waals surface area (Å²) in [5.74, 6) is 0.0352. The summed E-state index contributed by atoms with van der Waals surface area (Å²) in [6.07, 6.45) is 5.79. The second-order valence-electron chi connectivity index (χ2n) is 6.24. The fourth-order valence-electron chi connectivity index (χ4n) is 2.91. The second kappa shape index (κ2) is 9.06. The lowest BCUT2D eigenvalue weighted by Gasteiger charge is -2.35. The van der Waals surface area contributed by atoms with Crippen LogP contribution in [-0.4, -0.2) is 46.2 Å². The van der Waals surface area contributed by atoms with Crippen molar-refractivity contribution in [1.82, 2.24) is 9.88 Å².